The number of ether oxygens (including phenoxy) is 1. The van der Waals surface area contributed by atoms with Crippen LogP contribution in [0.4, 0.5) is 4.39 Å². The molecule has 0 atom stereocenters. The average Bonchev–Trinajstić information content (AvgIpc) is 2.39. The molecule has 1 saturated carbocycles. The van der Waals surface area contributed by atoms with Crippen molar-refractivity contribution in [2.24, 2.45) is 5.92 Å². The van der Waals surface area contributed by atoms with Crippen molar-refractivity contribution in [2.75, 3.05) is 7.11 Å². The number of aliphatic hydroxyl groups is 1. The first kappa shape index (κ1) is 14.3. The van der Waals surface area contributed by atoms with Gasteiger partial charge >= 0.3 is 0 Å². The second-order valence-corrected chi connectivity index (χ2v) is 5.72. The second kappa shape index (κ2) is 5.91. The Balaban J connectivity index is 2.02. The highest BCUT2D eigenvalue weighted by Crippen LogP contribution is 2.36. The molecule has 2 rings (SSSR count). The van der Waals surface area contributed by atoms with Crippen molar-refractivity contribution in [3.8, 4) is 5.75 Å². The van der Waals surface area contributed by atoms with Crippen LogP contribution in [0.1, 0.15) is 44.6 Å². The second-order valence-electron chi connectivity index (χ2n) is 5.72. The monoisotopic (exact) mass is 266 g/mol. The van der Waals surface area contributed by atoms with Gasteiger partial charge in [0, 0.05) is 6.42 Å². The Morgan fingerprint density at radius 1 is 1.37 bits per heavy atom. The van der Waals surface area contributed by atoms with Crippen LogP contribution < -0.4 is 4.74 Å². The van der Waals surface area contributed by atoms with Gasteiger partial charge < -0.3 is 9.84 Å². The fourth-order valence-corrected chi connectivity index (χ4v) is 3.00. The molecule has 0 bridgehead atoms. The quantitative estimate of drug-likeness (QED) is 0.900. The van der Waals surface area contributed by atoms with Crippen LogP contribution >= 0.6 is 0 Å². The van der Waals surface area contributed by atoms with Gasteiger partial charge in [0.15, 0.2) is 11.6 Å². The lowest BCUT2D eigenvalue weighted by atomic mass is 9.75. The van der Waals surface area contributed by atoms with Gasteiger partial charge in [-0.05, 0) is 49.3 Å². The molecule has 0 heterocycles. The third-order valence-electron chi connectivity index (χ3n) is 4.36. The average molecular weight is 266 g/mol. The van der Waals surface area contributed by atoms with Crippen molar-refractivity contribution >= 4 is 0 Å². The number of rotatable bonds is 4. The summed E-state index contributed by atoms with van der Waals surface area (Å²) >= 11 is 0. The van der Waals surface area contributed by atoms with Crippen LogP contribution in [-0.4, -0.2) is 17.8 Å². The Kier molecular flexibility index (Phi) is 4.46. The topological polar surface area (TPSA) is 29.5 Å². The minimum atomic E-state index is -0.660. The zero-order chi connectivity index (χ0) is 13.9. The largest absolute Gasteiger partial charge is 0.494 e. The van der Waals surface area contributed by atoms with Gasteiger partial charge in [0.05, 0.1) is 12.7 Å². The predicted octanol–water partition coefficient (Wildman–Crippen LogP) is 3.71. The van der Waals surface area contributed by atoms with E-state index in [1.54, 1.807) is 6.07 Å². The molecular weight excluding hydrogens is 243 g/mol. The maximum atomic E-state index is 13.6. The number of methoxy groups -OCH3 is 1. The van der Waals surface area contributed by atoms with E-state index in [9.17, 15) is 9.50 Å². The van der Waals surface area contributed by atoms with E-state index in [0.717, 1.165) is 37.2 Å². The molecule has 1 fully saturated rings. The van der Waals surface area contributed by atoms with Crippen LogP contribution in [0.5, 0.6) is 5.75 Å². The number of benzene rings is 1. The Morgan fingerprint density at radius 2 is 2.05 bits per heavy atom. The fraction of sp³-hybridized carbons (Fsp3) is 0.625. The Bertz CT molecular complexity index is 423. The van der Waals surface area contributed by atoms with E-state index in [-0.39, 0.29) is 11.6 Å². The van der Waals surface area contributed by atoms with Gasteiger partial charge in [-0.2, -0.15) is 0 Å². The molecule has 0 aliphatic heterocycles. The predicted molar refractivity (Wildman–Crippen MR) is 73.9 cm³/mol. The van der Waals surface area contributed by atoms with Crippen LogP contribution in [0.25, 0.3) is 0 Å². The summed E-state index contributed by atoms with van der Waals surface area (Å²) in [7, 11) is 1.46. The summed E-state index contributed by atoms with van der Waals surface area (Å²) < 4.78 is 18.5. The third-order valence-corrected chi connectivity index (χ3v) is 4.36. The summed E-state index contributed by atoms with van der Waals surface area (Å²) in [6.07, 6.45) is 5.51. The van der Waals surface area contributed by atoms with E-state index in [1.165, 1.54) is 19.6 Å². The highest BCUT2D eigenvalue weighted by atomic mass is 19.1. The molecule has 0 unspecified atom stereocenters. The first-order valence-electron chi connectivity index (χ1n) is 7.11. The molecule has 0 amide bonds. The lowest BCUT2D eigenvalue weighted by Crippen LogP contribution is -2.36. The van der Waals surface area contributed by atoms with E-state index < -0.39 is 5.60 Å². The number of hydrogen-bond donors (Lipinski definition) is 1. The molecule has 1 aliphatic rings. The Hall–Kier alpha value is -1.09. The normalized spacial score (nSPS) is 27.3. The van der Waals surface area contributed by atoms with Crippen molar-refractivity contribution in [2.45, 2.75) is 51.0 Å². The van der Waals surface area contributed by atoms with Gasteiger partial charge in [0.1, 0.15) is 0 Å². The summed E-state index contributed by atoms with van der Waals surface area (Å²) in [5.74, 6) is 0.643. The summed E-state index contributed by atoms with van der Waals surface area (Å²) in [5, 5.41) is 10.6. The summed E-state index contributed by atoms with van der Waals surface area (Å²) in [4.78, 5) is 0. The lowest BCUT2D eigenvalue weighted by Gasteiger charge is -2.36. The Morgan fingerprint density at radius 3 is 2.58 bits per heavy atom. The Labute approximate surface area is 114 Å². The van der Waals surface area contributed by atoms with Crippen molar-refractivity contribution in [3.63, 3.8) is 0 Å². The summed E-state index contributed by atoms with van der Waals surface area (Å²) in [6.45, 7) is 2.20. The van der Waals surface area contributed by atoms with Gasteiger partial charge in [-0.1, -0.05) is 19.4 Å². The molecule has 1 N–H and O–H groups in total. The van der Waals surface area contributed by atoms with Crippen LogP contribution in [-0.2, 0) is 6.42 Å². The first-order chi connectivity index (χ1) is 9.06. The summed E-state index contributed by atoms with van der Waals surface area (Å²) in [5.41, 5.74) is 0.183. The molecule has 1 aromatic rings. The van der Waals surface area contributed by atoms with Crippen molar-refractivity contribution in [1.82, 2.24) is 0 Å². The van der Waals surface area contributed by atoms with Crippen molar-refractivity contribution < 1.29 is 14.2 Å². The minimum Gasteiger partial charge on any atom is -0.494 e. The van der Waals surface area contributed by atoms with E-state index in [0.29, 0.717) is 6.42 Å². The zero-order valence-corrected chi connectivity index (χ0v) is 11.8. The number of halogens is 1. The molecule has 19 heavy (non-hydrogen) atoms. The van der Waals surface area contributed by atoms with Gasteiger partial charge in [-0.15, -0.1) is 0 Å². The highest BCUT2D eigenvalue weighted by molar-refractivity contribution is 5.30. The van der Waals surface area contributed by atoms with Gasteiger partial charge in [-0.25, -0.2) is 4.39 Å². The standard InChI is InChI=1S/C16H23FO2/c1-3-12-6-8-16(18,9-7-12)11-13-4-5-15(19-2)14(17)10-13/h4-5,10,12,18H,3,6-9,11H2,1-2H3. The third kappa shape index (κ3) is 3.47. The van der Waals surface area contributed by atoms with Gasteiger partial charge in [-0.3, -0.25) is 0 Å². The highest BCUT2D eigenvalue weighted by Gasteiger charge is 2.32. The molecule has 1 aliphatic carbocycles. The molecule has 1 aromatic carbocycles. The summed E-state index contributed by atoms with van der Waals surface area (Å²) in [6, 6.07) is 4.94. The van der Waals surface area contributed by atoms with Gasteiger partial charge in [0.2, 0.25) is 0 Å². The van der Waals surface area contributed by atoms with Crippen LogP contribution in [0.2, 0.25) is 0 Å². The maximum Gasteiger partial charge on any atom is 0.165 e. The first-order valence-corrected chi connectivity index (χ1v) is 7.11. The minimum absolute atomic E-state index is 0.255. The molecular formula is C16H23FO2. The van der Waals surface area contributed by atoms with E-state index in [4.69, 9.17) is 4.74 Å². The van der Waals surface area contributed by atoms with Gasteiger partial charge in [0.25, 0.3) is 0 Å². The van der Waals surface area contributed by atoms with Crippen molar-refractivity contribution in [3.05, 3.63) is 29.6 Å². The molecule has 106 valence electrons. The fourth-order valence-electron chi connectivity index (χ4n) is 3.00. The molecule has 0 saturated heterocycles. The smallest absolute Gasteiger partial charge is 0.165 e. The van der Waals surface area contributed by atoms with Crippen LogP contribution in [0.15, 0.2) is 18.2 Å². The van der Waals surface area contributed by atoms with E-state index in [1.807, 2.05) is 6.07 Å². The molecule has 2 nitrogen and oxygen atoms in total. The molecule has 0 aromatic heterocycles. The molecule has 0 radical (unpaired) electrons. The molecule has 3 heteroatoms. The van der Waals surface area contributed by atoms with E-state index in [2.05, 4.69) is 6.92 Å². The van der Waals surface area contributed by atoms with Crippen molar-refractivity contribution in [1.29, 1.82) is 0 Å². The van der Waals surface area contributed by atoms with Crippen LogP contribution in [0, 0.1) is 11.7 Å². The molecule has 0 spiro atoms. The number of hydrogen-bond acceptors (Lipinski definition) is 2. The zero-order valence-electron chi connectivity index (χ0n) is 11.8. The van der Waals surface area contributed by atoms with E-state index >= 15 is 0 Å². The maximum absolute atomic E-state index is 13.6. The lowest BCUT2D eigenvalue weighted by molar-refractivity contribution is -0.00927. The SMILES string of the molecule is CCC1CCC(O)(Cc2ccc(OC)c(F)c2)CC1. The van der Waals surface area contributed by atoms with Crippen LogP contribution in [0.3, 0.4) is 0 Å².